The largest absolute Gasteiger partial charge is 0.395 e. The van der Waals surface area contributed by atoms with Crippen LogP contribution < -0.4 is 5.73 Å². The molecular weight excluding hydrogens is 176 g/mol. The molecule has 0 aliphatic carbocycles. The lowest BCUT2D eigenvalue weighted by molar-refractivity contribution is 0.275. The molecule has 0 aliphatic rings. The Morgan fingerprint density at radius 3 is 1.36 bits per heavy atom. The lowest BCUT2D eigenvalue weighted by Gasteiger charge is -2.19. The zero-order valence-electron chi connectivity index (χ0n) is 10.1. The minimum absolute atomic E-state index is 0.0972. The first-order chi connectivity index (χ1) is 6.76. The van der Waals surface area contributed by atoms with Gasteiger partial charge in [-0.3, -0.25) is 0 Å². The second kappa shape index (κ2) is 15.4. The summed E-state index contributed by atoms with van der Waals surface area (Å²) in [6.07, 6.45) is 3.88. The molecule has 3 nitrogen and oxygen atoms in total. The summed E-state index contributed by atoms with van der Waals surface area (Å²) in [6.45, 7) is 11.1. The summed E-state index contributed by atoms with van der Waals surface area (Å²) in [6, 6.07) is 0. The quantitative estimate of drug-likeness (QED) is 0.660. The number of nitrogens with two attached hydrogens (primary N) is 1. The van der Waals surface area contributed by atoms with Crippen LogP contribution in [-0.2, 0) is 0 Å². The summed E-state index contributed by atoms with van der Waals surface area (Å²) in [5.41, 5.74) is 4.78. The van der Waals surface area contributed by atoms with Crippen molar-refractivity contribution in [3.05, 3.63) is 0 Å². The smallest absolute Gasteiger partial charge is 0.0553 e. The first kappa shape index (κ1) is 16.3. The van der Waals surface area contributed by atoms with Crippen LogP contribution in [0.25, 0.3) is 0 Å². The third-order valence-electron chi connectivity index (χ3n) is 1.75. The van der Waals surface area contributed by atoms with Crippen LogP contribution in [0.2, 0.25) is 0 Å². The summed E-state index contributed by atoms with van der Waals surface area (Å²) in [7, 11) is 0. The average molecular weight is 204 g/mol. The molecule has 0 aromatic rings. The van der Waals surface area contributed by atoms with E-state index < -0.39 is 0 Å². The first-order valence-corrected chi connectivity index (χ1v) is 5.79. The van der Waals surface area contributed by atoms with Crippen molar-refractivity contribution in [1.29, 1.82) is 0 Å². The van der Waals surface area contributed by atoms with Gasteiger partial charge in [0.15, 0.2) is 0 Å². The number of rotatable bonds is 7. The van der Waals surface area contributed by atoms with Gasteiger partial charge in [-0.15, -0.1) is 0 Å². The Labute approximate surface area is 89.3 Å². The highest BCUT2D eigenvalue weighted by Gasteiger charge is 1.98. The van der Waals surface area contributed by atoms with Gasteiger partial charge in [-0.1, -0.05) is 20.8 Å². The fourth-order valence-corrected chi connectivity index (χ4v) is 1.28. The van der Waals surface area contributed by atoms with Crippen molar-refractivity contribution in [2.24, 2.45) is 5.73 Å². The molecule has 88 valence electrons. The van der Waals surface area contributed by atoms with Crippen LogP contribution in [0.4, 0.5) is 0 Å². The molecule has 0 atom stereocenters. The first-order valence-electron chi connectivity index (χ1n) is 5.79. The zero-order valence-corrected chi connectivity index (χ0v) is 10.1. The van der Waals surface area contributed by atoms with Crippen LogP contribution in [0.1, 0.15) is 40.0 Å². The van der Waals surface area contributed by atoms with Crippen molar-refractivity contribution in [2.75, 3.05) is 32.8 Å². The van der Waals surface area contributed by atoms with Crippen molar-refractivity contribution >= 4 is 0 Å². The molecule has 0 aromatic heterocycles. The fraction of sp³-hybridized carbons (Fsp3) is 1.00. The van der Waals surface area contributed by atoms with Gasteiger partial charge in [0.05, 0.1) is 6.61 Å². The van der Waals surface area contributed by atoms with Gasteiger partial charge in [0.1, 0.15) is 0 Å². The molecule has 0 amide bonds. The molecule has 3 heteroatoms. The second-order valence-corrected chi connectivity index (χ2v) is 3.35. The highest BCUT2D eigenvalue weighted by atomic mass is 16.3. The van der Waals surface area contributed by atoms with E-state index in [1.807, 2.05) is 0 Å². The summed E-state index contributed by atoms with van der Waals surface area (Å²) in [5.74, 6) is 0. The number of aliphatic hydroxyl groups is 1. The molecule has 0 unspecified atom stereocenters. The second-order valence-electron chi connectivity index (χ2n) is 3.35. The van der Waals surface area contributed by atoms with Crippen LogP contribution in [0, 0.1) is 0 Å². The predicted octanol–water partition coefficient (Wildman–Crippen LogP) is 1.46. The molecule has 0 aliphatic heterocycles. The predicted molar refractivity (Wildman–Crippen MR) is 63.5 cm³/mol. The lowest BCUT2D eigenvalue weighted by Crippen LogP contribution is -2.25. The van der Waals surface area contributed by atoms with E-state index in [4.69, 9.17) is 10.8 Å². The Kier molecular flexibility index (Phi) is 17.9. The minimum atomic E-state index is 0.0972. The lowest BCUT2D eigenvalue weighted by atomic mass is 10.3. The monoisotopic (exact) mass is 204 g/mol. The van der Waals surface area contributed by atoms with Gasteiger partial charge in [-0.2, -0.15) is 0 Å². The molecule has 3 N–H and O–H groups in total. The molecule has 0 saturated heterocycles. The standard InChI is InChI=1S/C9H21N.C2H7NO/c1-4-7-10(8-5-2)9-6-3;3-1-2-4/h4-9H2,1-3H3;4H,1-3H2. The number of hydrogen-bond donors (Lipinski definition) is 2. The summed E-state index contributed by atoms with van der Waals surface area (Å²) in [5, 5.41) is 7.75. The van der Waals surface area contributed by atoms with E-state index in [0.29, 0.717) is 6.54 Å². The topological polar surface area (TPSA) is 49.5 Å². The van der Waals surface area contributed by atoms with Gasteiger partial charge in [-0.25, -0.2) is 0 Å². The maximum atomic E-state index is 7.75. The Hall–Kier alpha value is -0.120. The van der Waals surface area contributed by atoms with E-state index in [0.717, 1.165) is 0 Å². The van der Waals surface area contributed by atoms with E-state index in [9.17, 15) is 0 Å². The Morgan fingerprint density at radius 2 is 1.21 bits per heavy atom. The maximum absolute atomic E-state index is 7.75. The van der Waals surface area contributed by atoms with E-state index >= 15 is 0 Å². The average Bonchev–Trinajstić information content (AvgIpc) is 2.20. The molecule has 0 fully saturated rings. The van der Waals surface area contributed by atoms with E-state index in [1.165, 1.54) is 38.9 Å². The van der Waals surface area contributed by atoms with Crippen LogP contribution >= 0.6 is 0 Å². The third kappa shape index (κ3) is 14.4. The number of hydrogen-bond acceptors (Lipinski definition) is 3. The Bertz CT molecular complexity index is 73.1. The Morgan fingerprint density at radius 1 is 0.929 bits per heavy atom. The molecule has 0 saturated carbocycles. The highest BCUT2D eigenvalue weighted by molar-refractivity contribution is 4.53. The van der Waals surface area contributed by atoms with Crippen molar-refractivity contribution in [3.63, 3.8) is 0 Å². The van der Waals surface area contributed by atoms with Crippen molar-refractivity contribution in [3.8, 4) is 0 Å². The van der Waals surface area contributed by atoms with Gasteiger partial charge >= 0.3 is 0 Å². The molecule has 0 radical (unpaired) electrons. The molecule has 0 heterocycles. The molecule has 0 aromatic carbocycles. The zero-order chi connectivity index (χ0) is 11.2. The van der Waals surface area contributed by atoms with Gasteiger partial charge in [0.25, 0.3) is 0 Å². The van der Waals surface area contributed by atoms with Gasteiger partial charge in [-0.05, 0) is 38.9 Å². The molecular formula is C11H28N2O. The maximum Gasteiger partial charge on any atom is 0.0553 e. The SMILES string of the molecule is CCCN(CCC)CCC.NCCO. The Balaban J connectivity index is 0. The molecule has 14 heavy (non-hydrogen) atoms. The molecule has 0 rings (SSSR count). The summed E-state index contributed by atoms with van der Waals surface area (Å²) >= 11 is 0. The normalized spacial score (nSPS) is 9.86. The third-order valence-corrected chi connectivity index (χ3v) is 1.75. The van der Waals surface area contributed by atoms with Crippen molar-refractivity contribution in [1.82, 2.24) is 4.90 Å². The van der Waals surface area contributed by atoms with Crippen molar-refractivity contribution < 1.29 is 5.11 Å². The van der Waals surface area contributed by atoms with E-state index in [-0.39, 0.29) is 6.61 Å². The van der Waals surface area contributed by atoms with Gasteiger partial charge in [0, 0.05) is 6.54 Å². The number of aliphatic hydroxyl groups excluding tert-OH is 1. The minimum Gasteiger partial charge on any atom is -0.395 e. The fourth-order valence-electron chi connectivity index (χ4n) is 1.28. The van der Waals surface area contributed by atoms with Crippen LogP contribution in [0.5, 0.6) is 0 Å². The number of nitrogens with zero attached hydrogens (tertiary/aromatic N) is 1. The van der Waals surface area contributed by atoms with Gasteiger partial charge < -0.3 is 15.7 Å². The summed E-state index contributed by atoms with van der Waals surface area (Å²) in [4.78, 5) is 2.54. The van der Waals surface area contributed by atoms with Gasteiger partial charge in [0.2, 0.25) is 0 Å². The van der Waals surface area contributed by atoms with E-state index in [2.05, 4.69) is 25.7 Å². The molecule has 0 spiro atoms. The molecule has 0 bridgehead atoms. The highest BCUT2D eigenvalue weighted by Crippen LogP contribution is 1.94. The van der Waals surface area contributed by atoms with Crippen LogP contribution in [0.3, 0.4) is 0 Å². The van der Waals surface area contributed by atoms with Crippen LogP contribution in [-0.4, -0.2) is 42.8 Å². The van der Waals surface area contributed by atoms with Crippen molar-refractivity contribution in [2.45, 2.75) is 40.0 Å². The van der Waals surface area contributed by atoms with Crippen LogP contribution in [0.15, 0.2) is 0 Å². The summed E-state index contributed by atoms with van der Waals surface area (Å²) < 4.78 is 0. The van der Waals surface area contributed by atoms with E-state index in [1.54, 1.807) is 0 Å².